The van der Waals surface area contributed by atoms with E-state index < -0.39 is 5.60 Å². The van der Waals surface area contributed by atoms with Crippen LogP contribution in [-0.4, -0.2) is 34.3 Å². The molecule has 0 saturated carbocycles. The highest BCUT2D eigenvalue weighted by Crippen LogP contribution is 2.12. The molecule has 5 nitrogen and oxygen atoms in total. The van der Waals surface area contributed by atoms with Crippen molar-refractivity contribution in [2.75, 3.05) is 24.2 Å². The Hall–Kier alpha value is -1.36. The second kappa shape index (κ2) is 3.79. The van der Waals surface area contributed by atoms with Crippen LogP contribution in [0.4, 0.5) is 11.6 Å². The summed E-state index contributed by atoms with van der Waals surface area (Å²) in [7, 11) is 1.83. The Morgan fingerprint density at radius 3 is 2.64 bits per heavy atom. The van der Waals surface area contributed by atoms with Gasteiger partial charge in [-0.05, 0) is 13.8 Å². The quantitative estimate of drug-likeness (QED) is 0.725. The number of aromatic nitrogens is 2. The number of hydrogen-bond acceptors (Lipinski definition) is 5. The summed E-state index contributed by atoms with van der Waals surface area (Å²) in [6.07, 6.45) is 3.10. The zero-order valence-electron chi connectivity index (χ0n) is 8.73. The maximum atomic E-state index is 9.60. The van der Waals surface area contributed by atoms with Gasteiger partial charge in [0.25, 0.3) is 0 Å². The molecule has 14 heavy (non-hydrogen) atoms. The smallest absolute Gasteiger partial charge is 0.149 e. The first-order chi connectivity index (χ1) is 6.38. The third kappa shape index (κ3) is 3.18. The summed E-state index contributed by atoms with van der Waals surface area (Å²) in [5, 5.41) is 9.60. The van der Waals surface area contributed by atoms with Crippen molar-refractivity contribution < 1.29 is 5.11 Å². The van der Waals surface area contributed by atoms with Crippen molar-refractivity contribution in [3.63, 3.8) is 0 Å². The Kier molecular flexibility index (Phi) is 2.90. The molecule has 0 unspecified atom stereocenters. The topological polar surface area (TPSA) is 75.3 Å². The Bertz CT molecular complexity index is 308. The van der Waals surface area contributed by atoms with Gasteiger partial charge in [-0.1, -0.05) is 0 Å². The molecule has 0 aliphatic carbocycles. The minimum Gasteiger partial charge on any atom is -0.389 e. The van der Waals surface area contributed by atoms with E-state index in [4.69, 9.17) is 5.73 Å². The molecule has 0 aliphatic rings. The van der Waals surface area contributed by atoms with E-state index in [-0.39, 0.29) is 0 Å². The molecule has 0 bridgehead atoms. The predicted octanol–water partition coefficient (Wildman–Crippen LogP) is 0.266. The molecular formula is C9H16N4O. The summed E-state index contributed by atoms with van der Waals surface area (Å²) < 4.78 is 0. The third-order valence-corrected chi connectivity index (χ3v) is 1.66. The van der Waals surface area contributed by atoms with Crippen molar-refractivity contribution in [1.29, 1.82) is 0 Å². The summed E-state index contributed by atoms with van der Waals surface area (Å²) in [4.78, 5) is 9.82. The zero-order valence-corrected chi connectivity index (χ0v) is 8.73. The fourth-order valence-corrected chi connectivity index (χ4v) is 1.22. The fraction of sp³-hybridized carbons (Fsp3) is 0.556. The van der Waals surface area contributed by atoms with Gasteiger partial charge in [0.15, 0.2) is 0 Å². The summed E-state index contributed by atoms with van der Waals surface area (Å²) >= 11 is 0. The van der Waals surface area contributed by atoms with E-state index in [1.165, 1.54) is 6.20 Å². The van der Waals surface area contributed by atoms with Crippen molar-refractivity contribution >= 4 is 11.6 Å². The van der Waals surface area contributed by atoms with Crippen LogP contribution in [0.5, 0.6) is 0 Å². The van der Waals surface area contributed by atoms with Crippen LogP contribution in [0.3, 0.4) is 0 Å². The molecule has 3 N–H and O–H groups in total. The molecule has 0 aromatic carbocycles. The van der Waals surface area contributed by atoms with Gasteiger partial charge in [-0.25, -0.2) is 4.98 Å². The molecule has 1 aromatic rings. The lowest BCUT2D eigenvalue weighted by molar-refractivity contribution is 0.0884. The Morgan fingerprint density at radius 2 is 2.14 bits per heavy atom. The maximum absolute atomic E-state index is 9.60. The van der Waals surface area contributed by atoms with Crippen molar-refractivity contribution in [2.24, 2.45) is 0 Å². The molecule has 0 saturated heterocycles. The van der Waals surface area contributed by atoms with Gasteiger partial charge in [-0.2, -0.15) is 0 Å². The third-order valence-electron chi connectivity index (χ3n) is 1.66. The van der Waals surface area contributed by atoms with Gasteiger partial charge >= 0.3 is 0 Å². The monoisotopic (exact) mass is 196 g/mol. The largest absolute Gasteiger partial charge is 0.389 e. The minimum atomic E-state index is -0.763. The second-order valence-corrected chi connectivity index (χ2v) is 3.97. The van der Waals surface area contributed by atoms with E-state index in [1.807, 2.05) is 11.9 Å². The van der Waals surface area contributed by atoms with E-state index >= 15 is 0 Å². The highest BCUT2D eigenvalue weighted by molar-refractivity contribution is 5.40. The predicted molar refractivity (Wildman–Crippen MR) is 56.0 cm³/mol. The normalized spacial score (nSPS) is 11.4. The van der Waals surface area contributed by atoms with Crippen LogP contribution in [-0.2, 0) is 0 Å². The average Bonchev–Trinajstić information content (AvgIpc) is 2.01. The standard InChI is InChI=1S/C9H16N4O/c1-9(2,14)6-13(3)8-5-11-4-7(10)12-8/h4-5,14H,6H2,1-3H3,(H2,10,12). The number of nitrogens with two attached hydrogens (primary N) is 1. The van der Waals surface area contributed by atoms with Gasteiger partial charge in [0.2, 0.25) is 0 Å². The summed E-state index contributed by atoms with van der Waals surface area (Å²) in [5.41, 5.74) is 4.73. The van der Waals surface area contributed by atoms with E-state index in [2.05, 4.69) is 9.97 Å². The minimum absolute atomic E-state index is 0.380. The maximum Gasteiger partial charge on any atom is 0.149 e. The van der Waals surface area contributed by atoms with Gasteiger partial charge < -0.3 is 15.7 Å². The lowest BCUT2D eigenvalue weighted by atomic mass is 10.1. The van der Waals surface area contributed by atoms with Gasteiger partial charge in [0, 0.05) is 13.6 Å². The van der Waals surface area contributed by atoms with Crippen LogP contribution in [0.25, 0.3) is 0 Å². The molecular weight excluding hydrogens is 180 g/mol. The van der Waals surface area contributed by atoms with Gasteiger partial charge in [-0.3, -0.25) is 4.98 Å². The number of rotatable bonds is 3. The van der Waals surface area contributed by atoms with Crippen LogP contribution in [0, 0.1) is 0 Å². The van der Waals surface area contributed by atoms with Crippen LogP contribution < -0.4 is 10.6 Å². The molecule has 1 aromatic heterocycles. The lowest BCUT2D eigenvalue weighted by Crippen LogP contribution is -2.36. The highest BCUT2D eigenvalue weighted by Gasteiger charge is 2.16. The average molecular weight is 196 g/mol. The number of nitrogens with zero attached hydrogens (tertiary/aromatic N) is 3. The fourth-order valence-electron chi connectivity index (χ4n) is 1.22. The van der Waals surface area contributed by atoms with Crippen LogP contribution in [0.1, 0.15) is 13.8 Å². The summed E-state index contributed by atoms with van der Waals surface area (Å²) in [5.74, 6) is 1.04. The molecule has 0 spiro atoms. The Balaban J connectivity index is 2.74. The second-order valence-electron chi connectivity index (χ2n) is 3.97. The lowest BCUT2D eigenvalue weighted by Gasteiger charge is -2.26. The highest BCUT2D eigenvalue weighted by atomic mass is 16.3. The molecule has 0 aliphatic heterocycles. The number of anilines is 2. The number of nitrogen functional groups attached to an aromatic ring is 1. The molecule has 1 heterocycles. The molecule has 0 atom stereocenters. The number of hydrogen-bond donors (Lipinski definition) is 2. The number of likely N-dealkylation sites (N-methyl/N-ethyl adjacent to an activating group) is 1. The van der Waals surface area contributed by atoms with E-state index in [1.54, 1.807) is 20.0 Å². The van der Waals surface area contributed by atoms with Crippen molar-refractivity contribution in [3.8, 4) is 0 Å². The van der Waals surface area contributed by atoms with Crippen molar-refractivity contribution in [2.45, 2.75) is 19.4 Å². The SMILES string of the molecule is CN(CC(C)(C)O)c1cncc(N)n1. The van der Waals surface area contributed by atoms with Crippen LogP contribution in [0.15, 0.2) is 12.4 Å². The van der Waals surface area contributed by atoms with E-state index in [0.717, 1.165) is 0 Å². The first-order valence-electron chi connectivity index (χ1n) is 4.39. The van der Waals surface area contributed by atoms with Crippen LogP contribution in [0.2, 0.25) is 0 Å². The summed E-state index contributed by atoms with van der Waals surface area (Å²) in [6, 6.07) is 0. The zero-order chi connectivity index (χ0) is 10.8. The first kappa shape index (κ1) is 10.7. The van der Waals surface area contributed by atoms with E-state index in [0.29, 0.717) is 18.2 Å². The Labute approximate surface area is 83.6 Å². The van der Waals surface area contributed by atoms with Crippen molar-refractivity contribution in [1.82, 2.24) is 9.97 Å². The van der Waals surface area contributed by atoms with Crippen LogP contribution >= 0.6 is 0 Å². The van der Waals surface area contributed by atoms with Gasteiger partial charge in [0.05, 0.1) is 18.0 Å². The summed E-state index contributed by atoms with van der Waals surface area (Å²) in [6.45, 7) is 3.96. The molecule has 1 rings (SSSR count). The molecule has 78 valence electrons. The molecule has 0 amide bonds. The van der Waals surface area contributed by atoms with Crippen molar-refractivity contribution in [3.05, 3.63) is 12.4 Å². The Morgan fingerprint density at radius 1 is 1.50 bits per heavy atom. The first-order valence-corrected chi connectivity index (χ1v) is 4.39. The number of aliphatic hydroxyl groups is 1. The van der Waals surface area contributed by atoms with Gasteiger partial charge in [0.1, 0.15) is 11.6 Å². The molecule has 0 radical (unpaired) electrons. The van der Waals surface area contributed by atoms with E-state index in [9.17, 15) is 5.11 Å². The molecule has 5 heteroatoms. The van der Waals surface area contributed by atoms with Gasteiger partial charge in [-0.15, -0.1) is 0 Å². The molecule has 0 fully saturated rings.